The number of nitrogens with zero attached hydrogens (tertiary/aromatic N) is 5. The molecular formula is C22H29N5O2. The van der Waals surface area contributed by atoms with E-state index in [9.17, 15) is 4.79 Å². The van der Waals surface area contributed by atoms with E-state index in [0.29, 0.717) is 18.7 Å². The van der Waals surface area contributed by atoms with Gasteiger partial charge in [0, 0.05) is 64.2 Å². The smallest absolute Gasteiger partial charge is 0.255 e. The van der Waals surface area contributed by atoms with Crippen LogP contribution in [0.2, 0.25) is 0 Å². The van der Waals surface area contributed by atoms with Crippen LogP contribution in [0.5, 0.6) is 5.75 Å². The van der Waals surface area contributed by atoms with Gasteiger partial charge in [-0.2, -0.15) is 0 Å². The monoisotopic (exact) mass is 395 g/mol. The highest BCUT2D eigenvalue weighted by Gasteiger charge is 2.23. The second-order valence-electron chi connectivity index (χ2n) is 7.67. The number of methoxy groups -OCH3 is 1. The molecule has 1 aromatic carbocycles. The number of likely N-dealkylation sites (N-methyl/N-ethyl adjacent to an activating group) is 1. The van der Waals surface area contributed by atoms with Crippen LogP contribution in [-0.4, -0.2) is 87.2 Å². The maximum atomic E-state index is 12.9. The van der Waals surface area contributed by atoms with Crippen molar-refractivity contribution in [3.8, 4) is 5.75 Å². The number of rotatable bonds is 4. The summed E-state index contributed by atoms with van der Waals surface area (Å²) in [5.41, 5.74) is 1.83. The van der Waals surface area contributed by atoms with Crippen LogP contribution in [0.15, 0.2) is 42.6 Å². The maximum Gasteiger partial charge on any atom is 0.255 e. The Kier molecular flexibility index (Phi) is 5.85. The summed E-state index contributed by atoms with van der Waals surface area (Å²) in [5, 5.41) is 0. The Morgan fingerprint density at radius 2 is 1.52 bits per heavy atom. The van der Waals surface area contributed by atoms with Crippen molar-refractivity contribution >= 4 is 17.4 Å². The molecule has 154 valence electrons. The molecule has 0 saturated carbocycles. The Balaban J connectivity index is 1.33. The third-order valence-electron chi connectivity index (χ3n) is 5.83. The number of anilines is 2. The quantitative estimate of drug-likeness (QED) is 0.787. The van der Waals surface area contributed by atoms with Gasteiger partial charge in [-0.1, -0.05) is 0 Å². The average Bonchev–Trinajstić information content (AvgIpc) is 2.79. The lowest BCUT2D eigenvalue weighted by molar-refractivity contribution is 0.0746. The molecule has 2 aromatic rings. The fourth-order valence-electron chi connectivity index (χ4n) is 3.88. The highest BCUT2D eigenvalue weighted by atomic mass is 16.5. The molecule has 0 N–H and O–H groups in total. The van der Waals surface area contributed by atoms with E-state index in [0.717, 1.165) is 56.5 Å². The molecule has 3 heterocycles. The van der Waals surface area contributed by atoms with E-state index in [4.69, 9.17) is 4.74 Å². The number of hydrogen-bond acceptors (Lipinski definition) is 6. The van der Waals surface area contributed by atoms with Crippen molar-refractivity contribution in [2.24, 2.45) is 0 Å². The second-order valence-corrected chi connectivity index (χ2v) is 7.67. The number of pyridine rings is 1. The van der Waals surface area contributed by atoms with Gasteiger partial charge in [0.05, 0.1) is 12.7 Å². The minimum Gasteiger partial charge on any atom is -0.497 e. The summed E-state index contributed by atoms with van der Waals surface area (Å²) in [6.07, 6.45) is 1.73. The Labute approximate surface area is 172 Å². The number of hydrogen-bond donors (Lipinski definition) is 0. The Morgan fingerprint density at radius 3 is 2.10 bits per heavy atom. The van der Waals surface area contributed by atoms with E-state index in [2.05, 4.69) is 38.9 Å². The third kappa shape index (κ3) is 4.45. The first-order valence-corrected chi connectivity index (χ1v) is 10.2. The molecule has 0 atom stereocenters. The molecule has 2 fully saturated rings. The fraction of sp³-hybridized carbons (Fsp3) is 0.455. The molecule has 2 saturated heterocycles. The van der Waals surface area contributed by atoms with Gasteiger partial charge < -0.3 is 24.3 Å². The van der Waals surface area contributed by atoms with Gasteiger partial charge in [-0.05, 0) is 43.4 Å². The molecule has 0 spiro atoms. The lowest BCUT2D eigenvalue weighted by atomic mass is 10.2. The summed E-state index contributed by atoms with van der Waals surface area (Å²) < 4.78 is 5.22. The summed E-state index contributed by atoms with van der Waals surface area (Å²) in [5.74, 6) is 1.88. The van der Waals surface area contributed by atoms with Gasteiger partial charge >= 0.3 is 0 Å². The van der Waals surface area contributed by atoms with Crippen LogP contribution in [0.1, 0.15) is 10.4 Å². The van der Waals surface area contributed by atoms with Crippen LogP contribution in [-0.2, 0) is 0 Å². The molecule has 0 unspecified atom stereocenters. The molecule has 1 amide bonds. The van der Waals surface area contributed by atoms with Crippen molar-refractivity contribution in [1.29, 1.82) is 0 Å². The van der Waals surface area contributed by atoms with Crippen molar-refractivity contribution in [3.05, 3.63) is 48.2 Å². The minimum atomic E-state index is 0.0665. The summed E-state index contributed by atoms with van der Waals surface area (Å²) in [4.78, 5) is 26.3. The SMILES string of the molecule is COc1ccc(N2CCN(C(=O)c3ccc(N4CCN(C)CC4)nc3)CC2)cc1. The van der Waals surface area contributed by atoms with Crippen molar-refractivity contribution in [2.45, 2.75) is 0 Å². The number of carbonyl (C=O) groups is 1. The van der Waals surface area contributed by atoms with Crippen LogP contribution >= 0.6 is 0 Å². The Hall–Kier alpha value is -2.80. The summed E-state index contributed by atoms with van der Waals surface area (Å²) in [6.45, 7) is 7.11. The van der Waals surface area contributed by atoms with E-state index in [1.807, 2.05) is 29.2 Å². The van der Waals surface area contributed by atoms with Crippen LogP contribution in [0.25, 0.3) is 0 Å². The molecule has 0 bridgehead atoms. The van der Waals surface area contributed by atoms with Crippen LogP contribution in [0, 0.1) is 0 Å². The van der Waals surface area contributed by atoms with Gasteiger partial charge in [0.2, 0.25) is 0 Å². The highest BCUT2D eigenvalue weighted by molar-refractivity contribution is 5.94. The molecule has 2 aliphatic heterocycles. The van der Waals surface area contributed by atoms with E-state index >= 15 is 0 Å². The van der Waals surface area contributed by atoms with E-state index in [-0.39, 0.29) is 5.91 Å². The van der Waals surface area contributed by atoms with Crippen LogP contribution < -0.4 is 14.5 Å². The minimum absolute atomic E-state index is 0.0665. The molecule has 7 nitrogen and oxygen atoms in total. The first-order chi connectivity index (χ1) is 14.1. The van der Waals surface area contributed by atoms with Gasteiger partial charge in [-0.3, -0.25) is 4.79 Å². The molecule has 7 heteroatoms. The zero-order valence-electron chi connectivity index (χ0n) is 17.3. The number of ether oxygens (including phenoxy) is 1. The number of benzene rings is 1. The Morgan fingerprint density at radius 1 is 0.862 bits per heavy atom. The van der Waals surface area contributed by atoms with Crippen molar-refractivity contribution in [2.75, 3.05) is 76.3 Å². The number of carbonyl (C=O) groups excluding carboxylic acids is 1. The van der Waals surface area contributed by atoms with Crippen LogP contribution in [0.4, 0.5) is 11.5 Å². The lowest BCUT2D eigenvalue weighted by Crippen LogP contribution is -2.48. The largest absolute Gasteiger partial charge is 0.497 e. The first-order valence-electron chi connectivity index (χ1n) is 10.2. The van der Waals surface area contributed by atoms with E-state index in [1.165, 1.54) is 0 Å². The van der Waals surface area contributed by atoms with Crippen molar-refractivity contribution in [1.82, 2.24) is 14.8 Å². The normalized spacial score (nSPS) is 18.1. The highest BCUT2D eigenvalue weighted by Crippen LogP contribution is 2.21. The number of piperazine rings is 2. The zero-order chi connectivity index (χ0) is 20.2. The van der Waals surface area contributed by atoms with Crippen molar-refractivity contribution in [3.63, 3.8) is 0 Å². The zero-order valence-corrected chi connectivity index (χ0v) is 17.3. The predicted octanol–water partition coefficient (Wildman–Crippen LogP) is 1.80. The predicted molar refractivity (Wildman–Crippen MR) is 115 cm³/mol. The molecule has 0 aliphatic carbocycles. The summed E-state index contributed by atoms with van der Waals surface area (Å²) in [6, 6.07) is 12.0. The number of amides is 1. The van der Waals surface area contributed by atoms with Gasteiger partial charge in [0.1, 0.15) is 11.6 Å². The molecular weight excluding hydrogens is 366 g/mol. The second kappa shape index (κ2) is 8.69. The van der Waals surface area contributed by atoms with Gasteiger partial charge in [0.15, 0.2) is 0 Å². The van der Waals surface area contributed by atoms with Gasteiger partial charge in [-0.25, -0.2) is 4.98 Å². The van der Waals surface area contributed by atoms with Crippen molar-refractivity contribution < 1.29 is 9.53 Å². The number of aromatic nitrogens is 1. The maximum absolute atomic E-state index is 12.9. The molecule has 0 radical (unpaired) electrons. The van der Waals surface area contributed by atoms with E-state index in [1.54, 1.807) is 13.3 Å². The fourth-order valence-corrected chi connectivity index (χ4v) is 3.88. The lowest BCUT2D eigenvalue weighted by Gasteiger charge is -2.36. The molecule has 4 rings (SSSR count). The standard InChI is InChI=1S/C22H29N5O2/c1-24-9-11-26(12-10-24)21-8-3-18(17-23-21)22(28)27-15-13-25(14-16-27)19-4-6-20(29-2)7-5-19/h3-8,17H,9-16H2,1-2H3. The molecule has 2 aliphatic rings. The average molecular weight is 396 g/mol. The molecule has 29 heavy (non-hydrogen) atoms. The van der Waals surface area contributed by atoms with Gasteiger partial charge in [0.25, 0.3) is 5.91 Å². The first kappa shape index (κ1) is 19.5. The van der Waals surface area contributed by atoms with Gasteiger partial charge in [-0.15, -0.1) is 0 Å². The summed E-state index contributed by atoms with van der Waals surface area (Å²) >= 11 is 0. The Bertz CT molecular complexity index is 808. The van der Waals surface area contributed by atoms with Crippen LogP contribution in [0.3, 0.4) is 0 Å². The molecule has 1 aromatic heterocycles. The summed E-state index contributed by atoms with van der Waals surface area (Å²) in [7, 11) is 3.81. The topological polar surface area (TPSA) is 52.2 Å². The third-order valence-corrected chi connectivity index (χ3v) is 5.83. The van der Waals surface area contributed by atoms with E-state index < -0.39 is 0 Å².